The lowest BCUT2D eigenvalue weighted by Crippen LogP contribution is -2.01. The number of carbonyl (C=O) groups excluding carboxylic acids is 1. The van der Waals surface area contributed by atoms with Gasteiger partial charge in [-0.05, 0) is 11.5 Å². The Kier molecular flexibility index (Phi) is 4.10. The van der Waals surface area contributed by atoms with Crippen LogP contribution in [-0.2, 0) is 4.79 Å². The van der Waals surface area contributed by atoms with E-state index in [1.165, 1.54) is 0 Å². The van der Waals surface area contributed by atoms with Crippen LogP contribution in [0.4, 0.5) is 0 Å². The van der Waals surface area contributed by atoms with Crippen LogP contribution in [0.5, 0.6) is 5.75 Å². The highest BCUT2D eigenvalue weighted by Crippen LogP contribution is 2.34. The van der Waals surface area contributed by atoms with Crippen molar-refractivity contribution in [1.29, 1.82) is 0 Å². The summed E-state index contributed by atoms with van der Waals surface area (Å²) in [7, 11) is 0. The maximum atomic E-state index is 10.6. The Balaban J connectivity index is 3.54. The molecule has 0 heterocycles. The van der Waals surface area contributed by atoms with Gasteiger partial charge in [0.15, 0.2) is 0 Å². The van der Waals surface area contributed by atoms with Gasteiger partial charge in [0.1, 0.15) is 11.5 Å². The summed E-state index contributed by atoms with van der Waals surface area (Å²) in [5.41, 5.74) is 1.98. The third-order valence-corrected chi connectivity index (χ3v) is 2.53. The van der Waals surface area contributed by atoms with Gasteiger partial charge in [0.2, 0.25) is 0 Å². The van der Waals surface area contributed by atoms with E-state index in [0.717, 1.165) is 5.56 Å². The van der Waals surface area contributed by atoms with Crippen LogP contribution in [-0.4, -0.2) is 11.6 Å². The standard InChI is InChI=1S/C14H16O3/c1-5-11-13(10(4)16)7-6-12(9(2)3)14(11)17-8-15/h5-9,16H,1,4H2,2-3H3. The summed E-state index contributed by atoms with van der Waals surface area (Å²) in [6.45, 7) is 11.5. The minimum absolute atomic E-state index is 0.0778. The molecule has 0 aromatic heterocycles. The largest absolute Gasteiger partial charge is 0.508 e. The molecular formula is C14H16O3. The summed E-state index contributed by atoms with van der Waals surface area (Å²) in [6, 6.07) is 3.56. The van der Waals surface area contributed by atoms with Gasteiger partial charge < -0.3 is 9.84 Å². The number of aliphatic hydroxyl groups is 1. The van der Waals surface area contributed by atoms with Crippen LogP contribution in [0.15, 0.2) is 25.3 Å². The highest BCUT2D eigenvalue weighted by molar-refractivity contribution is 5.75. The fourth-order valence-electron chi connectivity index (χ4n) is 1.70. The first-order valence-corrected chi connectivity index (χ1v) is 5.30. The van der Waals surface area contributed by atoms with Crippen molar-refractivity contribution < 1.29 is 14.6 Å². The molecule has 0 saturated carbocycles. The van der Waals surface area contributed by atoms with E-state index in [0.29, 0.717) is 23.3 Å². The molecule has 3 heteroatoms. The van der Waals surface area contributed by atoms with E-state index >= 15 is 0 Å². The van der Waals surface area contributed by atoms with Crippen molar-refractivity contribution in [2.45, 2.75) is 19.8 Å². The number of ether oxygens (including phenoxy) is 1. The topological polar surface area (TPSA) is 46.5 Å². The van der Waals surface area contributed by atoms with Gasteiger partial charge in [-0.2, -0.15) is 0 Å². The maximum Gasteiger partial charge on any atom is 0.298 e. The number of hydrogen-bond acceptors (Lipinski definition) is 3. The average Bonchev–Trinajstić information content (AvgIpc) is 2.28. The lowest BCUT2D eigenvalue weighted by atomic mass is 9.95. The monoisotopic (exact) mass is 232 g/mol. The molecule has 0 amide bonds. The molecule has 1 rings (SSSR count). The van der Waals surface area contributed by atoms with Gasteiger partial charge in [0.05, 0.1) is 0 Å². The van der Waals surface area contributed by atoms with Crippen LogP contribution in [0.2, 0.25) is 0 Å². The molecule has 3 nitrogen and oxygen atoms in total. The zero-order valence-electron chi connectivity index (χ0n) is 10.1. The van der Waals surface area contributed by atoms with Crippen LogP contribution >= 0.6 is 0 Å². The molecule has 1 N–H and O–H groups in total. The van der Waals surface area contributed by atoms with Gasteiger partial charge in [-0.25, -0.2) is 0 Å². The Morgan fingerprint density at radius 2 is 2.12 bits per heavy atom. The molecule has 0 radical (unpaired) electrons. The van der Waals surface area contributed by atoms with Crippen molar-refractivity contribution in [3.63, 3.8) is 0 Å². The van der Waals surface area contributed by atoms with E-state index < -0.39 is 0 Å². The van der Waals surface area contributed by atoms with Crippen LogP contribution < -0.4 is 4.74 Å². The fourth-order valence-corrected chi connectivity index (χ4v) is 1.70. The Labute approximate surface area is 101 Å². The summed E-state index contributed by atoms with van der Waals surface area (Å²) in [5, 5.41) is 9.47. The van der Waals surface area contributed by atoms with Gasteiger partial charge in [-0.15, -0.1) is 0 Å². The van der Waals surface area contributed by atoms with Crippen molar-refractivity contribution >= 4 is 18.3 Å². The predicted octanol–water partition coefficient (Wildman–Crippen LogP) is 3.52. The lowest BCUT2D eigenvalue weighted by molar-refractivity contribution is -0.120. The minimum Gasteiger partial charge on any atom is -0.508 e. The van der Waals surface area contributed by atoms with E-state index in [4.69, 9.17) is 4.74 Å². The lowest BCUT2D eigenvalue weighted by Gasteiger charge is -2.16. The molecule has 90 valence electrons. The maximum absolute atomic E-state index is 10.6. The molecule has 0 bridgehead atoms. The second kappa shape index (κ2) is 5.34. The van der Waals surface area contributed by atoms with E-state index in [1.807, 2.05) is 19.9 Å². The molecule has 0 aliphatic heterocycles. The van der Waals surface area contributed by atoms with Crippen molar-refractivity contribution in [3.05, 3.63) is 42.0 Å². The molecule has 0 spiro atoms. The molecule has 0 aliphatic rings. The number of hydrogen-bond donors (Lipinski definition) is 1. The zero-order chi connectivity index (χ0) is 13.0. The van der Waals surface area contributed by atoms with E-state index in [2.05, 4.69) is 13.2 Å². The first-order valence-electron chi connectivity index (χ1n) is 5.30. The van der Waals surface area contributed by atoms with Crippen LogP contribution in [0, 0.1) is 0 Å². The number of carbonyl (C=O) groups is 1. The summed E-state index contributed by atoms with van der Waals surface area (Å²) in [6.07, 6.45) is 1.54. The smallest absolute Gasteiger partial charge is 0.298 e. The SMILES string of the molecule is C=Cc1c(C(=C)O)ccc(C(C)C)c1OC=O. The third-order valence-electron chi connectivity index (χ3n) is 2.53. The number of aliphatic hydroxyl groups excluding tert-OH is 1. The zero-order valence-corrected chi connectivity index (χ0v) is 10.1. The van der Waals surface area contributed by atoms with Crippen LogP contribution in [0.1, 0.15) is 36.5 Å². The van der Waals surface area contributed by atoms with Crippen LogP contribution in [0.25, 0.3) is 11.8 Å². The second-order valence-electron chi connectivity index (χ2n) is 3.96. The molecule has 0 aliphatic carbocycles. The van der Waals surface area contributed by atoms with Gasteiger partial charge >= 0.3 is 0 Å². The molecule has 0 unspecified atom stereocenters. The minimum atomic E-state index is -0.0778. The number of benzene rings is 1. The first kappa shape index (κ1) is 13.0. The first-order chi connectivity index (χ1) is 8.02. The van der Waals surface area contributed by atoms with Crippen molar-refractivity contribution in [1.82, 2.24) is 0 Å². The Morgan fingerprint density at radius 3 is 2.53 bits per heavy atom. The predicted molar refractivity (Wildman–Crippen MR) is 69.0 cm³/mol. The van der Waals surface area contributed by atoms with Gasteiger partial charge in [0.25, 0.3) is 6.47 Å². The molecule has 1 aromatic rings. The van der Waals surface area contributed by atoms with E-state index in [-0.39, 0.29) is 11.7 Å². The second-order valence-corrected chi connectivity index (χ2v) is 3.96. The number of rotatable bonds is 5. The summed E-state index contributed by atoms with van der Waals surface area (Å²) >= 11 is 0. The van der Waals surface area contributed by atoms with Gasteiger partial charge in [-0.1, -0.05) is 45.2 Å². The highest BCUT2D eigenvalue weighted by atomic mass is 16.5. The summed E-state index contributed by atoms with van der Waals surface area (Å²) < 4.78 is 5.01. The van der Waals surface area contributed by atoms with Crippen molar-refractivity contribution in [2.24, 2.45) is 0 Å². The van der Waals surface area contributed by atoms with Gasteiger partial charge in [0, 0.05) is 11.1 Å². The normalized spacial score (nSPS) is 10.1. The van der Waals surface area contributed by atoms with Crippen molar-refractivity contribution in [3.8, 4) is 5.75 Å². The van der Waals surface area contributed by atoms with Crippen LogP contribution in [0.3, 0.4) is 0 Å². The summed E-state index contributed by atoms with van der Waals surface area (Å²) in [5.74, 6) is 0.549. The van der Waals surface area contributed by atoms with E-state index in [9.17, 15) is 9.90 Å². The molecule has 0 fully saturated rings. The quantitative estimate of drug-likeness (QED) is 0.624. The highest BCUT2D eigenvalue weighted by Gasteiger charge is 2.16. The Hall–Kier alpha value is -2.03. The summed E-state index contributed by atoms with van der Waals surface area (Å²) in [4.78, 5) is 10.6. The fraction of sp³-hybridized carbons (Fsp3) is 0.214. The van der Waals surface area contributed by atoms with Crippen molar-refractivity contribution in [2.75, 3.05) is 0 Å². The molecule has 1 aromatic carbocycles. The Morgan fingerprint density at radius 1 is 1.47 bits per heavy atom. The molecular weight excluding hydrogens is 216 g/mol. The molecule has 0 atom stereocenters. The molecule has 0 saturated heterocycles. The average molecular weight is 232 g/mol. The van der Waals surface area contributed by atoms with E-state index in [1.54, 1.807) is 12.1 Å². The third kappa shape index (κ3) is 2.56. The van der Waals surface area contributed by atoms with Gasteiger partial charge in [-0.3, -0.25) is 4.79 Å². The Bertz CT molecular complexity index is 459. The molecule has 17 heavy (non-hydrogen) atoms.